The quantitative estimate of drug-likeness (QED) is 0.295. The van der Waals surface area contributed by atoms with E-state index in [0.29, 0.717) is 56.5 Å². The molecule has 0 amide bonds. The van der Waals surface area contributed by atoms with Crippen molar-refractivity contribution in [2.45, 2.75) is 52.6 Å². The van der Waals surface area contributed by atoms with Crippen molar-refractivity contribution < 1.29 is 33.3 Å². The third-order valence-corrected chi connectivity index (χ3v) is 5.85. The Bertz CT molecular complexity index is 779. The number of rotatable bonds is 14. The summed E-state index contributed by atoms with van der Waals surface area (Å²) in [5, 5.41) is 0. The Balaban J connectivity index is 2.04. The summed E-state index contributed by atoms with van der Waals surface area (Å²) in [6, 6.07) is 3.67. The Labute approximate surface area is 203 Å². The fourth-order valence-corrected chi connectivity index (χ4v) is 4.13. The first kappa shape index (κ1) is 27.7. The van der Waals surface area contributed by atoms with E-state index in [0.717, 1.165) is 38.2 Å². The van der Waals surface area contributed by atoms with Gasteiger partial charge in [0.15, 0.2) is 11.5 Å². The Hall–Kier alpha value is -2.52. The van der Waals surface area contributed by atoms with Crippen molar-refractivity contribution >= 4 is 11.9 Å². The summed E-state index contributed by atoms with van der Waals surface area (Å²) in [5.41, 5.74) is 0.986. The molecule has 1 aromatic rings. The topological polar surface area (TPSA) is 86.8 Å². The smallest absolute Gasteiger partial charge is 0.323 e. The highest BCUT2D eigenvalue weighted by Crippen LogP contribution is 2.40. The van der Waals surface area contributed by atoms with Gasteiger partial charge in [-0.2, -0.15) is 0 Å². The maximum atomic E-state index is 12.3. The Morgan fingerprint density at radius 1 is 0.941 bits per heavy atom. The average molecular weight is 481 g/mol. The van der Waals surface area contributed by atoms with Crippen LogP contribution >= 0.6 is 0 Å². The minimum Gasteiger partial charge on any atom is -0.493 e. The third-order valence-electron chi connectivity index (χ3n) is 5.85. The third kappa shape index (κ3) is 7.77. The molecule has 192 valence electrons. The predicted molar refractivity (Wildman–Crippen MR) is 128 cm³/mol. The number of nitrogens with zero attached hydrogens (tertiary/aromatic N) is 2. The van der Waals surface area contributed by atoms with Crippen LogP contribution in [0.1, 0.15) is 45.6 Å². The van der Waals surface area contributed by atoms with Crippen LogP contribution in [-0.2, 0) is 25.6 Å². The molecular weight excluding hydrogens is 440 g/mol. The molecule has 2 rings (SSSR count). The van der Waals surface area contributed by atoms with Crippen molar-refractivity contribution in [2.75, 3.05) is 60.2 Å². The lowest BCUT2D eigenvalue weighted by atomic mass is 10.1. The Morgan fingerprint density at radius 2 is 1.65 bits per heavy atom. The molecular formula is C25H40N2O7. The Morgan fingerprint density at radius 3 is 2.24 bits per heavy atom. The van der Waals surface area contributed by atoms with Gasteiger partial charge in [0.2, 0.25) is 5.75 Å². The van der Waals surface area contributed by atoms with E-state index in [-0.39, 0.29) is 18.0 Å². The van der Waals surface area contributed by atoms with Gasteiger partial charge in [-0.05, 0) is 32.8 Å². The van der Waals surface area contributed by atoms with Crippen molar-refractivity contribution in [1.29, 1.82) is 0 Å². The summed E-state index contributed by atoms with van der Waals surface area (Å²) in [4.78, 5) is 28.4. The molecule has 0 aliphatic carbocycles. The number of hydrogen-bond donors (Lipinski definition) is 0. The minimum absolute atomic E-state index is 0.142. The molecule has 1 aromatic carbocycles. The first-order chi connectivity index (χ1) is 16.5. The fourth-order valence-electron chi connectivity index (χ4n) is 4.13. The van der Waals surface area contributed by atoms with E-state index in [1.807, 2.05) is 26.0 Å². The number of piperazine rings is 1. The van der Waals surface area contributed by atoms with Gasteiger partial charge in [0.1, 0.15) is 6.04 Å². The van der Waals surface area contributed by atoms with Crippen LogP contribution in [0.25, 0.3) is 0 Å². The monoisotopic (exact) mass is 480 g/mol. The van der Waals surface area contributed by atoms with E-state index < -0.39 is 0 Å². The van der Waals surface area contributed by atoms with Gasteiger partial charge in [0.25, 0.3) is 0 Å². The summed E-state index contributed by atoms with van der Waals surface area (Å²) in [7, 11) is 3.18. The molecule has 0 spiro atoms. The number of carbonyl (C=O) groups excluding carboxylic acids is 2. The van der Waals surface area contributed by atoms with E-state index >= 15 is 0 Å². The average Bonchev–Trinajstić information content (AvgIpc) is 2.84. The molecule has 34 heavy (non-hydrogen) atoms. The molecule has 9 heteroatoms. The summed E-state index contributed by atoms with van der Waals surface area (Å²) < 4.78 is 27.4. The van der Waals surface area contributed by atoms with Gasteiger partial charge in [-0.1, -0.05) is 13.0 Å². The molecule has 1 fully saturated rings. The van der Waals surface area contributed by atoms with E-state index in [4.69, 9.17) is 23.7 Å². The zero-order chi connectivity index (χ0) is 24.9. The molecule has 1 aliphatic heterocycles. The molecule has 1 aliphatic rings. The Kier molecular flexibility index (Phi) is 12.0. The van der Waals surface area contributed by atoms with Crippen molar-refractivity contribution in [3.05, 3.63) is 17.7 Å². The van der Waals surface area contributed by atoms with Crippen molar-refractivity contribution in [2.24, 2.45) is 0 Å². The van der Waals surface area contributed by atoms with Gasteiger partial charge in [-0.15, -0.1) is 0 Å². The van der Waals surface area contributed by atoms with E-state index in [2.05, 4.69) is 9.80 Å². The van der Waals surface area contributed by atoms with Crippen LogP contribution < -0.4 is 14.2 Å². The molecule has 9 nitrogen and oxygen atoms in total. The van der Waals surface area contributed by atoms with Crippen LogP contribution in [0.4, 0.5) is 0 Å². The fraction of sp³-hybridized carbons (Fsp3) is 0.680. The number of methoxy groups -OCH3 is 2. The molecule has 0 bridgehead atoms. The van der Waals surface area contributed by atoms with Gasteiger partial charge in [-0.25, -0.2) is 0 Å². The molecule has 1 saturated heterocycles. The van der Waals surface area contributed by atoms with Crippen molar-refractivity contribution in [3.63, 3.8) is 0 Å². The minimum atomic E-state index is -0.227. The lowest BCUT2D eigenvalue weighted by Gasteiger charge is -2.38. The van der Waals surface area contributed by atoms with E-state index in [9.17, 15) is 9.59 Å². The summed E-state index contributed by atoms with van der Waals surface area (Å²) >= 11 is 0. The second kappa shape index (κ2) is 14.7. The lowest BCUT2D eigenvalue weighted by molar-refractivity contribution is -0.150. The molecule has 0 N–H and O–H groups in total. The number of benzene rings is 1. The zero-order valence-corrected chi connectivity index (χ0v) is 21.3. The normalized spacial score (nSPS) is 15.4. The number of carbonyl (C=O) groups is 2. The number of ether oxygens (including phenoxy) is 5. The maximum Gasteiger partial charge on any atom is 0.323 e. The molecule has 1 heterocycles. The second-order valence-electron chi connectivity index (χ2n) is 8.03. The van der Waals surface area contributed by atoms with Crippen molar-refractivity contribution in [1.82, 2.24) is 9.80 Å². The lowest BCUT2D eigenvalue weighted by Crippen LogP contribution is -2.52. The van der Waals surface area contributed by atoms with Gasteiger partial charge < -0.3 is 23.7 Å². The second-order valence-corrected chi connectivity index (χ2v) is 8.03. The molecule has 1 atom stereocenters. The standard InChI is InChI=1S/C25H40N2O7/c1-6-20(25(29)33-8-3)27-15-13-26(14-16-27)18-19-11-12-21(30-4)24(31-5)23(19)34-17-9-10-22(28)32-7-2/h11-12,20H,6-10,13-18H2,1-5H3. The largest absolute Gasteiger partial charge is 0.493 e. The van der Waals surface area contributed by atoms with E-state index in [1.54, 1.807) is 21.1 Å². The SMILES string of the molecule is CCOC(=O)CCCOc1c(CN2CCN(C(CC)C(=O)OCC)CC2)ccc(OC)c1OC. The molecule has 1 unspecified atom stereocenters. The van der Waals surface area contributed by atoms with Crippen LogP contribution in [0.3, 0.4) is 0 Å². The van der Waals surface area contributed by atoms with Gasteiger partial charge in [0, 0.05) is 44.7 Å². The van der Waals surface area contributed by atoms with Crippen LogP contribution in [0.15, 0.2) is 12.1 Å². The molecule has 0 radical (unpaired) electrons. The summed E-state index contributed by atoms with van der Waals surface area (Å²) in [6.07, 6.45) is 1.58. The first-order valence-corrected chi connectivity index (χ1v) is 12.1. The first-order valence-electron chi connectivity index (χ1n) is 12.1. The highest BCUT2D eigenvalue weighted by molar-refractivity contribution is 5.75. The van der Waals surface area contributed by atoms with Crippen LogP contribution in [-0.4, -0.2) is 88.0 Å². The van der Waals surface area contributed by atoms with Gasteiger partial charge in [-0.3, -0.25) is 19.4 Å². The maximum absolute atomic E-state index is 12.3. The number of hydrogen-bond acceptors (Lipinski definition) is 9. The summed E-state index contributed by atoms with van der Waals surface area (Å²) in [6.45, 7) is 10.7. The van der Waals surface area contributed by atoms with Crippen LogP contribution in [0.5, 0.6) is 17.2 Å². The van der Waals surface area contributed by atoms with Gasteiger partial charge in [0.05, 0.1) is 34.0 Å². The molecule has 0 saturated carbocycles. The molecule has 0 aromatic heterocycles. The van der Waals surface area contributed by atoms with Crippen molar-refractivity contribution in [3.8, 4) is 17.2 Å². The summed E-state index contributed by atoms with van der Waals surface area (Å²) in [5.74, 6) is 1.40. The predicted octanol–water partition coefficient (Wildman–Crippen LogP) is 2.89. The highest BCUT2D eigenvalue weighted by Gasteiger charge is 2.29. The van der Waals surface area contributed by atoms with Crippen LogP contribution in [0, 0.1) is 0 Å². The van der Waals surface area contributed by atoms with E-state index in [1.165, 1.54) is 0 Å². The van der Waals surface area contributed by atoms with Gasteiger partial charge >= 0.3 is 11.9 Å². The van der Waals surface area contributed by atoms with Crippen LogP contribution in [0.2, 0.25) is 0 Å². The number of esters is 2. The zero-order valence-electron chi connectivity index (χ0n) is 21.3. The highest BCUT2D eigenvalue weighted by atomic mass is 16.5.